The third-order valence-electron chi connectivity index (χ3n) is 8.65. The van der Waals surface area contributed by atoms with Crippen LogP contribution in [0.4, 0.5) is 19.1 Å². The van der Waals surface area contributed by atoms with Crippen LogP contribution in [-0.4, -0.2) is 65.8 Å². The number of halogens is 4. The first-order valence-corrected chi connectivity index (χ1v) is 14.7. The summed E-state index contributed by atoms with van der Waals surface area (Å²) >= 11 is 6.19. The first-order valence-electron chi connectivity index (χ1n) is 14.3. The lowest BCUT2D eigenvalue weighted by molar-refractivity contribution is -0.141. The van der Waals surface area contributed by atoms with Crippen LogP contribution >= 0.6 is 11.6 Å². The van der Waals surface area contributed by atoms with E-state index in [4.69, 9.17) is 16.6 Å². The Labute approximate surface area is 248 Å². The monoisotopic (exact) mass is 595 g/mol. The van der Waals surface area contributed by atoms with Crippen molar-refractivity contribution in [1.29, 1.82) is 0 Å². The molecule has 0 bridgehead atoms. The van der Waals surface area contributed by atoms with Gasteiger partial charge >= 0.3 is 6.18 Å². The number of hydrogen-bond donors (Lipinski definition) is 1. The number of benzene rings is 3. The molecule has 0 unspecified atom stereocenters. The number of aryl methyl sites for hydroxylation is 1. The number of nitrogens with zero attached hydrogens (tertiary/aromatic N) is 4. The topological polar surface area (TPSA) is 53.4 Å². The van der Waals surface area contributed by atoms with E-state index >= 15 is 0 Å². The maximum atomic E-state index is 13.7. The maximum absolute atomic E-state index is 13.7. The molecule has 1 aliphatic heterocycles. The second-order valence-electron chi connectivity index (χ2n) is 11.2. The quantitative estimate of drug-likeness (QED) is 0.248. The van der Waals surface area contributed by atoms with Gasteiger partial charge in [-0.05, 0) is 59.8 Å². The van der Waals surface area contributed by atoms with Gasteiger partial charge in [0.1, 0.15) is 12.0 Å². The van der Waals surface area contributed by atoms with Gasteiger partial charge < -0.3 is 14.8 Å². The summed E-state index contributed by atoms with van der Waals surface area (Å²) in [4.78, 5) is 23.2. The van der Waals surface area contributed by atoms with Crippen molar-refractivity contribution in [3.05, 3.63) is 82.9 Å². The van der Waals surface area contributed by atoms with E-state index in [0.29, 0.717) is 17.9 Å². The summed E-state index contributed by atoms with van der Waals surface area (Å²) in [6, 6.07) is 20.9. The average molecular weight is 596 g/mol. The molecule has 6 rings (SSSR count). The zero-order valence-corrected chi connectivity index (χ0v) is 24.2. The second-order valence-corrected chi connectivity index (χ2v) is 11.6. The lowest BCUT2D eigenvalue weighted by Crippen LogP contribution is -2.48. The van der Waals surface area contributed by atoms with Crippen LogP contribution in [0.3, 0.4) is 0 Å². The Kier molecular flexibility index (Phi) is 7.66. The lowest BCUT2D eigenvalue weighted by Gasteiger charge is -2.35. The molecule has 1 aromatic heterocycles. The third kappa shape index (κ3) is 5.24. The molecule has 1 fully saturated rings. The molecule has 1 aliphatic carbocycles. The van der Waals surface area contributed by atoms with Crippen LogP contribution < -0.4 is 10.2 Å². The fourth-order valence-electron chi connectivity index (χ4n) is 6.61. The van der Waals surface area contributed by atoms with Crippen molar-refractivity contribution in [3.63, 3.8) is 0 Å². The molecule has 42 heavy (non-hydrogen) atoms. The Bertz CT molecular complexity index is 1560. The Morgan fingerprint density at radius 1 is 0.952 bits per heavy atom. The highest BCUT2D eigenvalue weighted by atomic mass is 35.5. The molecular weight excluding hydrogens is 563 g/mol. The largest absolute Gasteiger partial charge is 0.405 e. The number of aromatic nitrogens is 2. The molecule has 3 aromatic carbocycles. The van der Waals surface area contributed by atoms with Gasteiger partial charge in [0.15, 0.2) is 0 Å². The minimum absolute atomic E-state index is 0.438. The summed E-state index contributed by atoms with van der Waals surface area (Å²) in [6.45, 7) is 2.96. The molecule has 0 atom stereocenters. The predicted molar refractivity (Wildman–Crippen MR) is 160 cm³/mol. The highest BCUT2D eigenvalue weighted by Crippen LogP contribution is 2.51. The number of unbranched alkanes of at least 4 members (excludes halogenated alkanes) is 1. The summed E-state index contributed by atoms with van der Waals surface area (Å²) in [6.07, 6.45) is -2.50. The van der Waals surface area contributed by atoms with E-state index in [1.165, 1.54) is 0 Å². The minimum Gasteiger partial charge on any atom is -0.346 e. The van der Waals surface area contributed by atoms with Crippen LogP contribution in [0, 0.1) is 0 Å². The van der Waals surface area contributed by atoms with Gasteiger partial charge in [-0.1, -0.05) is 66.6 Å². The fraction of sp³-hybridized carbons (Fsp3) is 0.375. The molecule has 2 aliphatic rings. The molecule has 0 saturated carbocycles. The van der Waals surface area contributed by atoms with E-state index in [9.17, 15) is 18.0 Å². The van der Waals surface area contributed by atoms with E-state index in [-0.39, 0.29) is 0 Å². The summed E-state index contributed by atoms with van der Waals surface area (Å²) in [5.41, 5.74) is 4.16. The molecule has 220 valence electrons. The molecular formula is C32H33ClF3N5O. The van der Waals surface area contributed by atoms with Crippen molar-refractivity contribution < 1.29 is 18.0 Å². The Hall–Kier alpha value is -3.56. The fourth-order valence-corrected chi connectivity index (χ4v) is 6.78. The number of carbonyl (C=O) groups is 1. The average Bonchev–Trinajstić information content (AvgIpc) is 3.46. The molecule has 6 nitrogen and oxygen atoms in total. The zero-order chi connectivity index (χ0) is 29.5. The number of carbonyl (C=O) groups excluding carboxylic acids is 1. The molecule has 1 N–H and O–H groups in total. The molecule has 1 saturated heterocycles. The second kappa shape index (κ2) is 11.3. The summed E-state index contributed by atoms with van der Waals surface area (Å²) in [5, 5.41) is 2.91. The number of nitrogens with one attached hydrogen (secondary N) is 1. The Balaban J connectivity index is 1.12. The smallest absolute Gasteiger partial charge is 0.346 e. The van der Waals surface area contributed by atoms with Gasteiger partial charge in [0.05, 0.1) is 11.0 Å². The van der Waals surface area contributed by atoms with Gasteiger partial charge in [0.2, 0.25) is 11.9 Å². The summed E-state index contributed by atoms with van der Waals surface area (Å²) in [7, 11) is 2.01. The normalized spacial score (nSPS) is 16.5. The van der Waals surface area contributed by atoms with Crippen LogP contribution in [0.5, 0.6) is 0 Å². The number of fused-ring (bicyclic) bond motifs is 4. The zero-order valence-electron chi connectivity index (χ0n) is 23.4. The SMILES string of the molecule is Cn1c(N2CCN(CCCCC3(C(=O)NCC(F)(F)F)c4ccccc4-c4ccccc43)CC2)nc2ccc(Cl)cc21. The van der Waals surface area contributed by atoms with Gasteiger partial charge in [-0.2, -0.15) is 13.2 Å². The van der Waals surface area contributed by atoms with Crippen LogP contribution in [0.25, 0.3) is 22.2 Å². The molecule has 1 amide bonds. The van der Waals surface area contributed by atoms with Crippen molar-refractivity contribution >= 4 is 34.5 Å². The van der Waals surface area contributed by atoms with Crippen LogP contribution in [0.2, 0.25) is 5.02 Å². The minimum atomic E-state index is -4.48. The highest BCUT2D eigenvalue weighted by Gasteiger charge is 2.49. The van der Waals surface area contributed by atoms with Crippen molar-refractivity contribution in [1.82, 2.24) is 19.8 Å². The standard InChI is InChI=1S/C32H33ClF3N5O/c1-39-28-20-22(33)12-13-27(28)38-30(39)41-18-16-40(17-19-41)15-7-6-14-31(29(42)37-21-32(34,35)36)25-10-4-2-8-23(25)24-9-3-5-11-26(24)31/h2-5,8-13,20H,6-7,14-19,21H2,1H3,(H,37,42). The predicted octanol–water partition coefficient (Wildman–Crippen LogP) is 6.16. The van der Waals surface area contributed by atoms with E-state index in [2.05, 4.69) is 19.7 Å². The molecule has 0 radical (unpaired) electrons. The van der Waals surface area contributed by atoms with Gasteiger partial charge in [-0.15, -0.1) is 0 Å². The summed E-state index contributed by atoms with van der Waals surface area (Å²) in [5.74, 6) is 0.340. The molecule has 2 heterocycles. The Morgan fingerprint density at radius 2 is 1.60 bits per heavy atom. The van der Waals surface area contributed by atoms with Crippen molar-refractivity contribution in [3.8, 4) is 11.1 Å². The lowest BCUT2D eigenvalue weighted by atomic mass is 9.73. The van der Waals surface area contributed by atoms with E-state index < -0.39 is 24.0 Å². The van der Waals surface area contributed by atoms with Crippen LogP contribution in [-0.2, 0) is 17.3 Å². The van der Waals surface area contributed by atoms with Gasteiger partial charge in [0.25, 0.3) is 0 Å². The van der Waals surface area contributed by atoms with Crippen LogP contribution in [0.1, 0.15) is 30.4 Å². The third-order valence-corrected chi connectivity index (χ3v) is 8.89. The van der Waals surface area contributed by atoms with E-state index in [1.807, 2.05) is 73.8 Å². The highest BCUT2D eigenvalue weighted by molar-refractivity contribution is 6.31. The molecule has 4 aromatic rings. The van der Waals surface area contributed by atoms with Gasteiger partial charge in [-0.3, -0.25) is 9.69 Å². The number of alkyl halides is 3. The van der Waals surface area contributed by atoms with Crippen LogP contribution in [0.15, 0.2) is 66.7 Å². The van der Waals surface area contributed by atoms with E-state index in [1.54, 1.807) is 0 Å². The first-order chi connectivity index (χ1) is 20.2. The number of anilines is 1. The van der Waals surface area contributed by atoms with Crippen molar-refractivity contribution in [2.24, 2.45) is 7.05 Å². The molecule has 10 heteroatoms. The van der Waals surface area contributed by atoms with Gasteiger partial charge in [0, 0.05) is 38.2 Å². The number of imidazole rings is 1. The van der Waals surface area contributed by atoms with Gasteiger partial charge in [-0.25, -0.2) is 4.98 Å². The van der Waals surface area contributed by atoms with Crippen molar-refractivity contribution in [2.75, 3.05) is 44.2 Å². The Morgan fingerprint density at radius 3 is 2.24 bits per heavy atom. The number of hydrogen-bond acceptors (Lipinski definition) is 4. The number of rotatable bonds is 8. The maximum Gasteiger partial charge on any atom is 0.405 e. The van der Waals surface area contributed by atoms with Crippen molar-refractivity contribution in [2.45, 2.75) is 30.9 Å². The first kappa shape index (κ1) is 28.6. The number of amides is 1. The summed E-state index contributed by atoms with van der Waals surface area (Å²) < 4.78 is 41.5. The number of piperazine rings is 1. The van der Waals surface area contributed by atoms with E-state index in [0.717, 1.165) is 78.4 Å². The molecule has 0 spiro atoms.